The fraction of sp³-hybridized carbons (Fsp3) is 0.571. The van der Waals surface area contributed by atoms with Crippen LogP contribution < -0.4 is 9.04 Å². The molecule has 0 spiro atoms. The van der Waals surface area contributed by atoms with E-state index in [-0.39, 0.29) is 12.0 Å². The molecule has 5 heteroatoms. The predicted molar refractivity (Wildman–Crippen MR) is 137 cm³/mol. The number of hydrogen-bond donors (Lipinski definition) is 1. The first kappa shape index (κ1) is 24.4. The molecule has 0 bridgehead atoms. The van der Waals surface area contributed by atoms with Crippen LogP contribution in [-0.2, 0) is 23.2 Å². The first-order chi connectivity index (χ1) is 15.9. The maximum Gasteiger partial charge on any atom is 0.124 e. The third-order valence-corrected chi connectivity index (χ3v) is 8.11. The number of aryl methyl sites for hydroxylation is 1. The molecule has 4 nitrogen and oxygen atoms in total. The minimum Gasteiger partial charge on any atom is -0.493 e. The number of ether oxygens (including phenoxy) is 2. The van der Waals surface area contributed by atoms with E-state index >= 15 is 0 Å². The summed E-state index contributed by atoms with van der Waals surface area (Å²) in [5, 5.41) is 10.0. The highest BCUT2D eigenvalue weighted by molar-refractivity contribution is 8.00. The van der Waals surface area contributed by atoms with Gasteiger partial charge in [-0.1, -0.05) is 39.8 Å². The molecule has 1 unspecified atom stereocenters. The smallest absolute Gasteiger partial charge is 0.124 e. The van der Waals surface area contributed by atoms with E-state index < -0.39 is 0 Å². The highest BCUT2D eigenvalue weighted by atomic mass is 32.2. The summed E-state index contributed by atoms with van der Waals surface area (Å²) < 4.78 is 14.1. The first-order valence-electron chi connectivity index (χ1n) is 12.4. The minimum absolute atomic E-state index is 0.0136. The molecule has 4 rings (SSSR count). The van der Waals surface area contributed by atoms with Gasteiger partial charge in [0.2, 0.25) is 0 Å². The summed E-state index contributed by atoms with van der Waals surface area (Å²) in [5.74, 6) is 1.33. The largest absolute Gasteiger partial charge is 0.493 e. The number of hydrogen-bond acceptors (Lipinski definition) is 5. The molecule has 2 aliphatic heterocycles. The van der Waals surface area contributed by atoms with Gasteiger partial charge in [0.1, 0.15) is 5.75 Å². The van der Waals surface area contributed by atoms with Gasteiger partial charge in [-0.15, -0.1) is 0 Å². The van der Waals surface area contributed by atoms with Crippen LogP contribution in [0.25, 0.3) is 0 Å². The van der Waals surface area contributed by atoms with Crippen molar-refractivity contribution in [3.05, 3.63) is 53.1 Å². The topological polar surface area (TPSA) is 41.9 Å². The molecule has 1 atom stereocenters. The zero-order valence-corrected chi connectivity index (χ0v) is 21.4. The van der Waals surface area contributed by atoms with E-state index in [1.54, 1.807) is 11.9 Å². The Kier molecular flexibility index (Phi) is 7.93. The van der Waals surface area contributed by atoms with Crippen LogP contribution in [0.5, 0.6) is 5.75 Å². The average Bonchev–Trinajstić information content (AvgIpc) is 2.83. The summed E-state index contributed by atoms with van der Waals surface area (Å²) in [6, 6.07) is 13.8. The van der Waals surface area contributed by atoms with Gasteiger partial charge in [-0.3, -0.25) is 0 Å². The van der Waals surface area contributed by atoms with Crippen molar-refractivity contribution in [1.29, 1.82) is 0 Å². The van der Waals surface area contributed by atoms with Crippen molar-refractivity contribution in [1.82, 2.24) is 0 Å². The lowest BCUT2D eigenvalue weighted by Gasteiger charge is -2.38. The van der Waals surface area contributed by atoms with Crippen LogP contribution in [0.4, 0.5) is 5.69 Å². The number of nitrogens with zero attached hydrogens (tertiary/aromatic N) is 1. The Morgan fingerprint density at radius 3 is 2.58 bits per heavy atom. The summed E-state index contributed by atoms with van der Waals surface area (Å²) in [6.45, 7) is 11.4. The molecule has 0 aromatic heterocycles. The lowest BCUT2D eigenvalue weighted by Crippen LogP contribution is -2.33. The van der Waals surface area contributed by atoms with E-state index in [9.17, 15) is 5.11 Å². The molecule has 33 heavy (non-hydrogen) atoms. The van der Waals surface area contributed by atoms with Crippen molar-refractivity contribution in [3.8, 4) is 5.75 Å². The third-order valence-electron chi connectivity index (χ3n) is 6.95. The van der Waals surface area contributed by atoms with Crippen LogP contribution in [0.1, 0.15) is 70.1 Å². The van der Waals surface area contributed by atoms with Crippen LogP contribution in [0.15, 0.2) is 41.3 Å². The molecule has 2 aliphatic rings. The van der Waals surface area contributed by atoms with Gasteiger partial charge in [0.05, 0.1) is 18.9 Å². The van der Waals surface area contributed by atoms with Crippen LogP contribution in [0, 0.1) is 5.92 Å². The zero-order chi connectivity index (χ0) is 23.4. The Labute approximate surface area is 203 Å². The lowest BCUT2D eigenvalue weighted by molar-refractivity contribution is 0.0494. The van der Waals surface area contributed by atoms with E-state index in [1.165, 1.54) is 23.2 Å². The summed E-state index contributed by atoms with van der Waals surface area (Å²) in [4.78, 5) is 1.14. The van der Waals surface area contributed by atoms with Crippen molar-refractivity contribution in [2.24, 2.45) is 5.92 Å². The lowest BCUT2D eigenvalue weighted by atomic mass is 9.84. The van der Waals surface area contributed by atoms with Gasteiger partial charge in [0.25, 0.3) is 0 Å². The molecule has 1 fully saturated rings. The molecule has 1 saturated heterocycles. The fourth-order valence-corrected chi connectivity index (χ4v) is 5.94. The zero-order valence-electron chi connectivity index (χ0n) is 20.6. The Morgan fingerprint density at radius 1 is 1.09 bits per heavy atom. The molecular weight excluding hydrogens is 430 g/mol. The summed E-state index contributed by atoms with van der Waals surface area (Å²) in [7, 11) is 0. The van der Waals surface area contributed by atoms with E-state index in [2.05, 4.69) is 62.3 Å². The highest BCUT2D eigenvalue weighted by Gasteiger charge is 2.28. The monoisotopic (exact) mass is 469 g/mol. The molecular formula is C28H39NO3S. The second-order valence-corrected chi connectivity index (χ2v) is 11.5. The van der Waals surface area contributed by atoms with E-state index in [0.29, 0.717) is 18.6 Å². The van der Waals surface area contributed by atoms with Gasteiger partial charge in [0, 0.05) is 29.7 Å². The highest BCUT2D eigenvalue weighted by Crippen LogP contribution is 2.42. The Balaban J connectivity index is 1.52. The number of benzene rings is 2. The quantitative estimate of drug-likeness (QED) is 0.468. The summed E-state index contributed by atoms with van der Waals surface area (Å²) >= 11 is 1.79. The van der Waals surface area contributed by atoms with Crippen molar-refractivity contribution in [2.45, 2.75) is 82.8 Å². The first-order valence-corrected chi connectivity index (χ1v) is 13.2. The van der Waals surface area contributed by atoms with Gasteiger partial charge in [0.15, 0.2) is 0 Å². The minimum atomic E-state index is -0.0136. The van der Waals surface area contributed by atoms with Gasteiger partial charge >= 0.3 is 0 Å². The summed E-state index contributed by atoms with van der Waals surface area (Å²) in [6.07, 6.45) is 5.52. The number of aliphatic hydroxyl groups is 1. The molecule has 0 saturated carbocycles. The second kappa shape index (κ2) is 10.7. The number of fused-ring (bicyclic) bond motifs is 1. The second-order valence-electron chi connectivity index (χ2n) is 10.4. The number of aliphatic hydroxyl groups excluding tert-OH is 1. The van der Waals surface area contributed by atoms with Crippen molar-refractivity contribution in [2.75, 3.05) is 24.1 Å². The maximum absolute atomic E-state index is 10.0. The number of anilines is 1. The van der Waals surface area contributed by atoms with Crippen molar-refractivity contribution in [3.63, 3.8) is 0 Å². The average molecular weight is 470 g/mol. The van der Waals surface area contributed by atoms with Gasteiger partial charge in [-0.2, -0.15) is 0 Å². The molecule has 0 aliphatic carbocycles. The molecule has 180 valence electrons. The van der Waals surface area contributed by atoms with Crippen LogP contribution in [-0.4, -0.2) is 31.0 Å². The van der Waals surface area contributed by atoms with Crippen LogP contribution in [0.3, 0.4) is 0 Å². The van der Waals surface area contributed by atoms with E-state index in [1.807, 2.05) is 6.07 Å². The van der Waals surface area contributed by atoms with Crippen LogP contribution in [0.2, 0.25) is 0 Å². The fourth-order valence-electron chi connectivity index (χ4n) is 4.71. The van der Waals surface area contributed by atoms with Gasteiger partial charge in [-0.25, -0.2) is 0 Å². The van der Waals surface area contributed by atoms with E-state index in [0.717, 1.165) is 55.1 Å². The van der Waals surface area contributed by atoms with Crippen LogP contribution >= 0.6 is 11.9 Å². The molecule has 2 aromatic carbocycles. The SMILES string of the molecule is CCC1CCc2cc(C(C)(C)C)ccc2N1Sc1ccc(OCC2CCOCC2)c(CO)c1. The Bertz CT molecular complexity index is 933. The molecule has 0 amide bonds. The predicted octanol–water partition coefficient (Wildman–Crippen LogP) is 6.52. The maximum atomic E-state index is 10.0. The van der Waals surface area contributed by atoms with E-state index in [4.69, 9.17) is 9.47 Å². The normalized spacial score (nSPS) is 19.4. The van der Waals surface area contributed by atoms with Crippen molar-refractivity contribution < 1.29 is 14.6 Å². The molecule has 1 N–H and O–H groups in total. The standard InChI is InChI=1S/C28H39NO3S/c1-5-24-8-6-21-16-23(28(2,3)4)7-10-26(21)29(24)33-25-9-11-27(22(17-25)18-30)32-19-20-12-14-31-15-13-20/h7,9-11,16-17,20,24,30H,5-6,8,12-15,18-19H2,1-4H3. The van der Waals surface area contributed by atoms with Gasteiger partial charge in [-0.05, 0) is 90.8 Å². The summed E-state index contributed by atoms with van der Waals surface area (Å²) in [5.41, 5.74) is 5.19. The molecule has 0 radical (unpaired) electrons. The molecule has 2 heterocycles. The third kappa shape index (κ3) is 5.87. The van der Waals surface area contributed by atoms with Crippen molar-refractivity contribution >= 4 is 17.6 Å². The molecule has 2 aromatic rings. The number of rotatable bonds is 7. The Hall–Kier alpha value is -1.69. The Morgan fingerprint density at radius 2 is 1.88 bits per heavy atom. The van der Waals surface area contributed by atoms with Gasteiger partial charge < -0.3 is 18.9 Å².